The first-order valence-corrected chi connectivity index (χ1v) is 10.6. The van der Waals surface area contributed by atoms with Crippen molar-refractivity contribution in [3.8, 4) is 11.5 Å². The number of nitrogens with one attached hydrogen (secondary N) is 2. The number of aliphatic imine (C=N–C) groups is 1. The topological polar surface area (TPSA) is 58.1 Å². The fourth-order valence-corrected chi connectivity index (χ4v) is 3.97. The zero-order valence-electron chi connectivity index (χ0n) is 18.9. The molecule has 6 nitrogen and oxygen atoms in total. The predicted molar refractivity (Wildman–Crippen MR) is 138 cm³/mol. The van der Waals surface area contributed by atoms with Crippen molar-refractivity contribution >= 4 is 29.9 Å². The zero-order valence-corrected chi connectivity index (χ0v) is 21.3. The lowest BCUT2D eigenvalue weighted by atomic mass is 9.97. The average Bonchev–Trinajstić information content (AvgIpc) is 2.78. The predicted octanol–water partition coefficient (Wildman–Crippen LogP) is 4.04. The molecule has 1 fully saturated rings. The van der Waals surface area contributed by atoms with E-state index in [1.807, 2.05) is 25.2 Å². The van der Waals surface area contributed by atoms with Crippen LogP contribution in [0.15, 0.2) is 53.5 Å². The van der Waals surface area contributed by atoms with E-state index in [-0.39, 0.29) is 24.0 Å². The molecule has 2 N–H and O–H groups in total. The molecule has 0 saturated carbocycles. The summed E-state index contributed by atoms with van der Waals surface area (Å²) < 4.78 is 10.7. The number of likely N-dealkylation sites (tertiary alicyclic amines) is 1. The van der Waals surface area contributed by atoms with Crippen LogP contribution < -0.4 is 20.1 Å². The molecule has 1 aliphatic rings. The molecule has 1 saturated heterocycles. The van der Waals surface area contributed by atoms with Gasteiger partial charge < -0.3 is 20.1 Å². The second kappa shape index (κ2) is 12.8. The number of nitrogens with zero attached hydrogens (tertiary/aromatic N) is 2. The Bertz CT molecular complexity index is 832. The molecule has 1 aliphatic heterocycles. The molecular formula is C24H35IN4O2. The normalized spacial score (nSPS) is 19.3. The molecule has 31 heavy (non-hydrogen) atoms. The Morgan fingerprint density at radius 3 is 2.45 bits per heavy atom. The molecule has 0 spiro atoms. The van der Waals surface area contributed by atoms with E-state index in [2.05, 4.69) is 57.8 Å². The fraction of sp³-hybridized carbons (Fsp3) is 0.458. The Balaban J connectivity index is 0.00000341. The van der Waals surface area contributed by atoms with E-state index in [0.717, 1.165) is 49.0 Å². The van der Waals surface area contributed by atoms with Crippen LogP contribution >= 0.6 is 24.0 Å². The van der Waals surface area contributed by atoms with E-state index < -0.39 is 0 Å². The maximum Gasteiger partial charge on any atom is 0.191 e. The van der Waals surface area contributed by atoms with E-state index in [1.165, 1.54) is 5.56 Å². The van der Waals surface area contributed by atoms with Gasteiger partial charge in [-0.05, 0) is 43.0 Å². The first-order chi connectivity index (χ1) is 14.6. The third-order valence-electron chi connectivity index (χ3n) is 5.71. The van der Waals surface area contributed by atoms with Gasteiger partial charge in [0.1, 0.15) is 0 Å². The van der Waals surface area contributed by atoms with E-state index >= 15 is 0 Å². The van der Waals surface area contributed by atoms with Crippen molar-refractivity contribution in [1.29, 1.82) is 0 Å². The van der Waals surface area contributed by atoms with Crippen molar-refractivity contribution in [3.05, 3.63) is 59.7 Å². The number of benzene rings is 2. The smallest absolute Gasteiger partial charge is 0.191 e. The van der Waals surface area contributed by atoms with Gasteiger partial charge in [-0.2, -0.15) is 0 Å². The molecule has 2 aromatic rings. The second-order valence-electron chi connectivity index (χ2n) is 7.79. The maximum absolute atomic E-state index is 5.39. The van der Waals surface area contributed by atoms with Crippen LogP contribution in [0, 0.1) is 0 Å². The largest absolute Gasteiger partial charge is 0.493 e. The van der Waals surface area contributed by atoms with Gasteiger partial charge in [0.05, 0.1) is 14.2 Å². The highest BCUT2D eigenvalue weighted by Gasteiger charge is 2.25. The van der Waals surface area contributed by atoms with Crippen molar-refractivity contribution in [2.75, 3.05) is 27.8 Å². The van der Waals surface area contributed by atoms with Gasteiger partial charge in [-0.15, -0.1) is 24.0 Å². The van der Waals surface area contributed by atoms with Crippen molar-refractivity contribution in [2.24, 2.45) is 4.99 Å². The molecule has 0 aliphatic carbocycles. The number of hydrogen-bond acceptors (Lipinski definition) is 4. The highest BCUT2D eigenvalue weighted by atomic mass is 127. The Labute approximate surface area is 203 Å². The molecular weight excluding hydrogens is 503 g/mol. The average molecular weight is 538 g/mol. The molecule has 0 aromatic heterocycles. The summed E-state index contributed by atoms with van der Waals surface area (Å²) in [7, 11) is 5.12. The van der Waals surface area contributed by atoms with E-state index in [4.69, 9.17) is 9.47 Å². The molecule has 2 atom stereocenters. The fourth-order valence-electron chi connectivity index (χ4n) is 3.97. The van der Waals surface area contributed by atoms with Crippen molar-refractivity contribution in [3.63, 3.8) is 0 Å². The third kappa shape index (κ3) is 7.28. The van der Waals surface area contributed by atoms with Crippen molar-refractivity contribution < 1.29 is 9.47 Å². The SMILES string of the molecule is CN=C(NCc1ccc(OC)c(OC)c1)NC1CCN(Cc2ccccc2)C(C)C1.I. The molecule has 170 valence electrons. The molecule has 0 bridgehead atoms. The molecule has 0 amide bonds. The lowest BCUT2D eigenvalue weighted by Gasteiger charge is -2.38. The van der Waals surface area contributed by atoms with Crippen LogP contribution in [0.3, 0.4) is 0 Å². The first-order valence-electron chi connectivity index (χ1n) is 10.6. The summed E-state index contributed by atoms with van der Waals surface area (Å²) in [6.45, 7) is 5.08. The number of piperidine rings is 1. The molecule has 0 radical (unpaired) electrons. The number of methoxy groups -OCH3 is 2. The Hall–Kier alpha value is -2.00. The monoisotopic (exact) mass is 538 g/mol. The number of ether oxygens (including phenoxy) is 2. The third-order valence-corrected chi connectivity index (χ3v) is 5.71. The quantitative estimate of drug-likeness (QED) is 0.317. The lowest BCUT2D eigenvalue weighted by molar-refractivity contribution is 0.134. The van der Waals surface area contributed by atoms with Crippen LogP contribution in [0.4, 0.5) is 0 Å². The van der Waals surface area contributed by atoms with Gasteiger partial charge in [-0.1, -0.05) is 36.4 Å². The highest BCUT2D eigenvalue weighted by molar-refractivity contribution is 14.0. The van der Waals surface area contributed by atoms with Crippen LogP contribution in [-0.2, 0) is 13.1 Å². The summed E-state index contributed by atoms with van der Waals surface area (Å²) in [6.07, 6.45) is 2.21. The minimum atomic E-state index is 0. The van der Waals surface area contributed by atoms with Gasteiger partial charge in [-0.25, -0.2) is 0 Å². The number of hydrogen-bond donors (Lipinski definition) is 2. The summed E-state index contributed by atoms with van der Waals surface area (Å²) in [5.41, 5.74) is 2.49. The summed E-state index contributed by atoms with van der Waals surface area (Å²) >= 11 is 0. The number of rotatable bonds is 7. The van der Waals surface area contributed by atoms with Crippen LogP contribution in [0.1, 0.15) is 30.9 Å². The Morgan fingerprint density at radius 1 is 1.06 bits per heavy atom. The molecule has 2 unspecified atom stereocenters. The molecule has 3 rings (SSSR count). The summed E-state index contributed by atoms with van der Waals surface area (Å²) in [4.78, 5) is 6.97. The Morgan fingerprint density at radius 2 is 1.81 bits per heavy atom. The van der Waals surface area contributed by atoms with Crippen LogP contribution in [-0.4, -0.2) is 50.8 Å². The van der Waals surface area contributed by atoms with Gasteiger partial charge in [0, 0.05) is 38.8 Å². The van der Waals surface area contributed by atoms with Gasteiger partial charge in [0.25, 0.3) is 0 Å². The van der Waals surface area contributed by atoms with E-state index in [0.29, 0.717) is 18.6 Å². The molecule has 1 heterocycles. The van der Waals surface area contributed by atoms with Gasteiger partial charge >= 0.3 is 0 Å². The van der Waals surface area contributed by atoms with E-state index in [9.17, 15) is 0 Å². The molecule has 7 heteroatoms. The summed E-state index contributed by atoms with van der Waals surface area (Å²) in [5.74, 6) is 2.30. The van der Waals surface area contributed by atoms with E-state index in [1.54, 1.807) is 14.2 Å². The minimum absolute atomic E-state index is 0. The van der Waals surface area contributed by atoms with Gasteiger partial charge in [0.2, 0.25) is 0 Å². The van der Waals surface area contributed by atoms with Crippen LogP contribution in [0.25, 0.3) is 0 Å². The van der Waals surface area contributed by atoms with Crippen LogP contribution in [0.5, 0.6) is 11.5 Å². The standard InChI is InChI=1S/C24H34N4O2.HI/c1-18-14-21(12-13-28(18)17-19-8-6-5-7-9-19)27-24(25-2)26-16-20-10-11-22(29-3)23(15-20)30-4;/h5-11,15,18,21H,12-14,16-17H2,1-4H3,(H2,25,26,27);1H. The first kappa shape index (κ1) is 25.3. The zero-order chi connectivity index (χ0) is 21.3. The van der Waals surface area contributed by atoms with Gasteiger partial charge in [0.15, 0.2) is 17.5 Å². The lowest BCUT2D eigenvalue weighted by Crippen LogP contribution is -2.51. The summed E-state index contributed by atoms with van der Waals surface area (Å²) in [5, 5.41) is 7.01. The van der Waals surface area contributed by atoms with Crippen LogP contribution in [0.2, 0.25) is 0 Å². The highest BCUT2D eigenvalue weighted by Crippen LogP contribution is 2.27. The Kier molecular flexibility index (Phi) is 10.4. The van der Waals surface area contributed by atoms with Gasteiger partial charge in [-0.3, -0.25) is 9.89 Å². The van der Waals surface area contributed by atoms with Crippen molar-refractivity contribution in [1.82, 2.24) is 15.5 Å². The maximum atomic E-state index is 5.39. The molecule has 2 aromatic carbocycles. The summed E-state index contributed by atoms with van der Waals surface area (Å²) in [6, 6.07) is 17.6. The number of halogens is 1. The minimum Gasteiger partial charge on any atom is -0.493 e. The second-order valence-corrected chi connectivity index (χ2v) is 7.79. The number of guanidine groups is 1. The van der Waals surface area contributed by atoms with Crippen molar-refractivity contribution in [2.45, 2.75) is 44.9 Å².